The van der Waals surface area contributed by atoms with E-state index in [2.05, 4.69) is 24.4 Å². The van der Waals surface area contributed by atoms with Crippen LogP contribution in [-0.2, 0) is 0 Å². The van der Waals surface area contributed by atoms with E-state index in [1.807, 2.05) is 71.6 Å². The van der Waals surface area contributed by atoms with Crippen LogP contribution < -0.4 is 10.2 Å². The van der Waals surface area contributed by atoms with E-state index >= 15 is 0 Å². The maximum Gasteiger partial charge on any atom is 0.262 e. The Morgan fingerprint density at radius 2 is 1.58 bits per heavy atom. The number of halogens is 1. The highest BCUT2D eigenvalue weighted by atomic mass is 35.5. The van der Waals surface area contributed by atoms with E-state index in [4.69, 9.17) is 11.6 Å². The number of fused-ring (bicyclic) bond motifs is 1. The molecule has 0 spiro atoms. The molecule has 3 aromatic carbocycles. The number of amides is 1. The van der Waals surface area contributed by atoms with E-state index in [-0.39, 0.29) is 18.0 Å². The van der Waals surface area contributed by atoms with Gasteiger partial charge in [-0.05, 0) is 42.0 Å². The maximum atomic E-state index is 13.3. The van der Waals surface area contributed by atoms with Crippen molar-refractivity contribution in [3.63, 3.8) is 0 Å². The van der Waals surface area contributed by atoms with Gasteiger partial charge in [0.05, 0.1) is 5.56 Å². The second-order valence-corrected chi connectivity index (χ2v) is 6.92. The Morgan fingerprint density at radius 1 is 0.923 bits per heavy atom. The van der Waals surface area contributed by atoms with Gasteiger partial charge in [0, 0.05) is 22.3 Å². The molecular formula is C22H19ClN2O. The summed E-state index contributed by atoms with van der Waals surface area (Å²) in [6, 6.07) is 25.3. The number of benzene rings is 3. The van der Waals surface area contributed by atoms with E-state index < -0.39 is 0 Å². The van der Waals surface area contributed by atoms with E-state index in [1.54, 1.807) is 0 Å². The number of hydrogen-bond donors (Lipinski definition) is 1. The Balaban J connectivity index is 1.81. The van der Waals surface area contributed by atoms with E-state index in [0.717, 1.165) is 11.4 Å². The summed E-state index contributed by atoms with van der Waals surface area (Å²) < 4.78 is 0. The topological polar surface area (TPSA) is 32.3 Å². The van der Waals surface area contributed by atoms with Crippen LogP contribution in [0.4, 0.5) is 11.4 Å². The Bertz CT molecular complexity index is 924. The third-order valence-electron chi connectivity index (χ3n) is 4.86. The first kappa shape index (κ1) is 16.7. The van der Waals surface area contributed by atoms with Crippen LogP contribution in [0.3, 0.4) is 0 Å². The minimum atomic E-state index is -0.194. The van der Waals surface area contributed by atoms with Gasteiger partial charge in [0.1, 0.15) is 6.17 Å². The van der Waals surface area contributed by atoms with Crippen molar-refractivity contribution in [2.24, 2.45) is 0 Å². The molecule has 1 aliphatic heterocycles. The lowest BCUT2D eigenvalue weighted by Crippen LogP contribution is -2.51. The standard InChI is InChI=1S/C22H19ClN2O/c1-15(16-7-3-2-4-8-16)21-24-20-10-6-5-9-19(20)22(26)25(21)18-13-11-17(23)12-14-18/h2-15,21,24H,1H3/t15-,21-/m0/s1. The fraction of sp³-hybridized carbons (Fsp3) is 0.136. The van der Waals surface area contributed by atoms with Crippen molar-refractivity contribution in [3.05, 3.63) is 95.0 Å². The van der Waals surface area contributed by atoms with Crippen molar-refractivity contribution in [2.75, 3.05) is 10.2 Å². The van der Waals surface area contributed by atoms with Crippen molar-refractivity contribution >= 4 is 28.9 Å². The molecule has 4 heteroatoms. The first-order valence-electron chi connectivity index (χ1n) is 8.65. The average molecular weight is 363 g/mol. The fourth-order valence-electron chi connectivity index (χ4n) is 3.44. The number of carbonyl (C=O) groups excluding carboxylic acids is 1. The largest absolute Gasteiger partial charge is 0.364 e. The normalized spacial score (nSPS) is 17.4. The smallest absolute Gasteiger partial charge is 0.262 e. The van der Waals surface area contributed by atoms with Gasteiger partial charge in [-0.3, -0.25) is 9.69 Å². The zero-order chi connectivity index (χ0) is 18.1. The molecule has 0 saturated heterocycles. The molecule has 0 unspecified atom stereocenters. The number of anilines is 2. The van der Waals surface area contributed by atoms with Gasteiger partial charge in [-0.15, -0.1) is 0 Å². The quantitative estimate of drug-likeness (QED) is 0.663. The highest BCUT2D eigenvalue weighted by Gasteiger charge is 2.36. The summed E-state index contributed by atoms with van der Waals surface area (Å²) in [6.45, 7) is 2.14. The summed E-state index contributed by atoms with van der Waals surface area (Å²) in [5, 5.41) is 4.21. The van der Waals surface area contributed by atoms with Gasteiger partial charge < -0.3 is 5.32 Å². The van der Waals surface area contributed by atoms with Crippen LogP contribution in [0, 0.1) is 0 Å². The van der Waals surface area contributed by atoms with Crippen molar-refractivity contribution in [3.8, 4) is 0 Å². The van der Waals surface area contributed by atoms with Gasteiger partial charge in [0.15, 0.2) is 0 Å². The van der Waals surface area contributed by atoms with Crippen LogP contribution in [-0.4, -0.2) is 12.1 Å². The summed E-state index contributed by atoms with van der Waals surface area (Å²) in [7, 11) is 0. The molecule has 0 radical (unpaired) electrons. The van der Waals surface area contributed by atoms with Crippen LogP contribution in [0.2, 0.25) is 5.02 Å². The lowest BCUT2D eigenvalue weighted by Gasteiger charge is -2.41. The maximum absolute atomic E-state index is 13.3. The van der Waals surface area contributed by atoms with Crippen molar-refractivity contribution < 1.29 is 4.79 Å². The molecule has 1 amide bonds. The molecule has 0 fully saturated rings. The SMILES string of the molecule is C[C@@H](c1ccccc1)[C@H]1Nc2ccccc2C(=O)N1c1ccc(Cl)cc1. The fourth-order valence-corrected chi connectivity index (χ4v) is 3.57. The summed E-state index contributed by atoms with van der Waals surface area (Å²) in [4.78, 5) is 15.1. The van der Waals surface area contributed by atoms with Crippen LogP contribution >= 0.6 is 11.6 Å². The predicted octanol–water partition coefficient (Wildman–Crippen LogP) is 5.54. The number of para-hydroxylation sites is 1. The summed E-state index contributed by atoms with van der Waals surface area (Å²) in [5.41, 5.74) is 3.56. The molecule has 1 N–H and O–H groups in total. The van der Waals surface area contributed by atoms with Gasteiger partial charge in [-0.25, -0.2) is 0 Å². The lowest BCUT2D eigenvalue weighted by molar-refractivity contribution is 0.0972. The number of carbonyl (C=O) groups is 1. The van der Waals surface area contributed by atoms with Gasteiger partial charge in [-0.1, -0.05) is 61.0 Å². The van der Waals surface area contributed by atoms with E-state index in [9.17, 15) is 4.79 Å². The van der Waals surface area contributed by atoms with E-state index in [0.29, 0.717) is 10.6 Å². The highest BCUT2D eigenvalue weighted by Crippen LogP contribution is 2.35. The van der Waals surface area contributed by atoms with E-state index in [1.165, 1.54) is 5.56 Å². The van der Waals surface area contributed by atoms with Gasteiger partial charge in [-0.2, -0.15) is 0 Å². The van der Waals surface area contributed by atoms with Crippen LogP contribution in [0.15, 0.2) is 78.9 Å². The summed E-state index contributed by atoms with van der Waals surface area (Å²) in [6.07, 6.45) is -0.194. The minimum Gasteiger partial charge on any atom is -0.364 e. The summed E-state index contributed by atoms with van der Waals surface area (Å²) >= 11 is 6.04. The van der Waals surface area contributed by atoms with Crippen LogP contribution in [0.25, 0.3) is 0 Å². The third kappa shape index (κ3) is 2.95. The molecule has 26 heavy (non-hydrogen) atoms. The molecule has 0 aliphatic carbocycles. The molecule has 0 aromatic heterocycles. The number of nitrogens with zero attached hydrogens (tertiary/aromatic N) is 1. The number of rotatable bonds is 3. The Kier molecular flexibility index (Phi) is 4.39. The highest BCUT2D eigenvalue weighted by molar-refractivity contribution is 6.30. The Morgan fingerprint density at radius 3 is 2.31 bits per heavy atom. The zero-order valence-corrected chi connectivity index (χ0v) is 15.1. The molecule has 2 atom stereocenters. The lowest BCUT2D eigenvalue weighted by atomic mass is 9.93. The van der Waals surface area contributed by atoms with Crippen LogP contribution in [0.1, 0.15) is 28.8 Å². The van der Waals surface area contributed by atoms with Crippen molar-refractivity contribution in [2.45, 2.75) is 19.0 Å². The second kappa shape index (κ2) is 6.85. The third-order valence-corrected chi connectivity index (χ3v) is 5.11. The minimum absolute atomic E-state index is 0.00514. The molecular weight excluding hydrogens is 344 g/mol. The average Bonchev–Trinajstić information content (AvgIpc) is 2.69. The molecule has 0 bridgehead atoms. The van der Waals surface area contributed by atoms with Crippen molar-refractivity contribution in [1.82, 2.24) is 0 Å². The Hall–Kier alpha value is -2.78. The molecule has 4 rings (SSSR count). The Labute approximate surface area is 158 Å². The molecule has 3 nitrogen and oxygen atoms in total. The van der Waals surface area contributed by atoms with Gasteiger partial charge in [0.2, 0.25) is 0 Å². The molecule has 3 aromatic rings. The number of nitrogens with one attached hydrogen (secondary N) is 1. The first-order chi connectivity index (χ1) is 12.6. The molecule has 130 valence electrons. The number of hydrogen-bond acceptors (Lipinski definition) is 2. The molecule has 0 saturated carbocycles. The summed E-state index contributed by atoms with van der Waals surface area (Å²) in [5.74, 6) is 0.0960. The molecule has 1 aliphatic rings. The second-order valence-electron chi connectivity index (χ2n) is 6.49. The van der Waals surface area contributed by atoms with Gasteiger partial charge in [0.25, 0.3) is 5.91 Å². The monoisotopic (exact) mass is 362 g/mol. The molecule has 1 heterocycles. The van der Waals surface area contributed by atoms with Crippen molar-refractivity contribution in [1.29, 1.82) is 0 Å². The van der Waals surface area contributed by atoms with Crippen LogP contribution in [0.5, 0.6) is 0 Å². The first-order valence-corrected chi connectivity index (χ1v) is 9.02. The zero-order valence-electron chi connectivity index (χ0n) is 14.4. The van der Waals surface area contributed by atoms with Gasteiger partial charge >= 0.3 is 0 Å². The predicted molar refractivity (Wildman–Crippen MR) is 107 cm³/mol.